The highest BCUT2D eigenvalue weighted by Crippen LogP contribution is 2.32. The number of benzene rings is 1. The molecular weight excluding hydrogens is 534 g/mol. The number of carbonyl (C=O) groups is 1. The number of hydrogen-bond donors (Lipinski definition) is 1. The van der Waals surface area contributed by atoms with E-state index >= 15 is 0 Å². The fourth-order valence-corrected chi connectivity index (χ4v) is 5.67. The first kappa shape index (κ1) is 24.3. The van der Waals surface area contributed by atoms with E-state index < -0.39 is 0 Å². The largest absolute Gasteiger partial charge is 0.381 e. The van der Waals surface area contributed by atoms with Gasteiger partial charge in [-0.15, -0.1) is 0 Å². The second-order valence-electron chi connectivity index (χ2n) is 9.91. The highest BCUT2D eigenvalue weighted by Gasteiger charge is 2.29. The molecule has 10 heteroatoms. The summed E-state index contributed by atoms with van der Waals surface area (Å²) in [4.78, 5) is 20.3. The molecule has 1 amide bonds. The van der Waals surface area contributed by atoms with Crippen molar-refractivity contribution < 1.29 is 9.53 Å². The third-order valence-electron chi connectivity index (χ3n) is 7.47. The van der Waals surface area contributed by atoms with E-state index in [9.17, 15) is 4.79 Å². The summed E-state index contributed by atoms with van der Waals surface area (Å²) in [5.41, 5.74) is 4.02. The standard InChI is InChI=1S/C27H30BrN7O2/c1-18-2-4-22(5-3-18)35-25(31-27(36)23-16-30-34-17-20(28)15-29-26(23)34)14-24(32-35)19-6-10-33(11-7-19)21-8-12-37-13-9-21/h2-5,14-17,19,21H,6-13H2,1H3,(H,31,36). The number of rotatable bonds is 5. The van der Waals surface area contributed by atoms with Gasteiger partial charge in [-0.1, -0.05) is 17.7 Å². The van der Waals surface area contributed by atoms with Gasteiger partial charge in [-0.3, -0.25) is 4.79 Å². The molecule has 0 saturated carbocycles. The molecule has 9 nitrogen and oxygen atoms in total. The molecule has 0 bridgehead atoms. The summed E-state index contributed by atoms with van der Waals surface area (Å²) < 4.78 is 9.77. The third-order valence-corrected chi connectivity index (χ3v) is 7.88. The molecule has 5 heterocycles. The monoisotopic (exact) mass is 563 g/mol. The van der Waals surface area contributed by atoms with Gasteiger partial charge in [0.1, 0.15) is 11.4 Å². The molecule has 2 fully saturated rings. The minimum atomic E-state index is -0.265. The molecule has 1 aromatic carbocycles. The lowest BCUT2D eigenvalue weighted by Gasteiger charge is -2.38. The Morgan fingerprint density at radius 3 is 2.59 bits per heavy atom. The molecule has 4 aromatic rings. The number of piperidine rings is 1. The van der Waals surface area contributed by atoms with Gasteiger partial charge < -0.3 is 15.0 Å². The van der Waals surface area contributed by atoms with Gasteiger partial charge in [0.25, 0.3) is 5.91 Å². The predicted octanol–water partition coefficient (Wildman–Crippen LogP) is 4.60. The molecule has 0 radical (unpaired) electrons. The quantitative estimate of drug-likeness (QED) is 0.381. The molecule has 2 aliphatic rings. The molecule has 2 aliphatic heterocycles. The summed E-state index contributed by atoms with van der Waals surface area (Å²) in [6.07, 6.45) is 9.35. The fraction of sp³-hybridized carbons (Fsp3) is 0.407. The Bertz CT molecular complexity index is 1400. The summed E-state index contributed by atoms with van der Waals surface area (Å²) in [6, 6.07) is 10.8. The Morgan fingerprint density at radius 1 is 1.08 bits per heavy atom. The SMILES string of the molecule is Cc1ccc(-n2nc(C3CCN(C4CCOCC4)CC3)cc2NC(=O)c2cnn3cc(Br)cnc23)cc1. The van der Waals surface area contributed by atoms with Crippen molar-refractivity contribution in [3.05, 3.63) is 70.2 Å². The van der Waals surface area contributed by atoms with Gasteiger partial charge in [-0.05, 0) is 73.8 Å². The average molecular weight is 564 g/mol. The maximum absolute atomic E-state index is 13.3. The number of amides is 1. The van der Waals surface area contributed by atoms with Crippen molar-refractivity contribution in [3.63, 3.8) is 0 Å². The lowest BCUT2D eigenvalue weighted by molar-refractivity contribution is 0.0250. The van der Waals surface area contributed by atoms with Crippen LogP contribution < -0.4 is 5.32 Å². The van der Waals surface area contributed by atoms with Crippen LogP contribution in [0.25, 0.3) is 11.3 Å². The van der Waals surface area contributed by atoms with Gasteiger partial charge in [0.2, 0.25) is 0 Å². The first-order valence-electron chi connectivity index (χ1n) is 12.8. The van der Waals surface area contributed by atoms with Crippen molar-refractivity contribution in [2.24, 2.45) is 0 Å². The second kappa shape index (κ2) is 10.4. The van der Waals surface area contributed by atoms with Crippen LogP contribution in [0.2, 0.25) is 0 Å². The Balaban J connectivity index is 1.26. The number of nitrogens with zero attached hydrogens (tertiary/aromatic N) is 6. The smallest absolute Gasteiger partial charge is 0.262 e. The van der Waals surface area contributed by atoms with Crippen molar-refractivity contribution in [2.75, 3.05) is 31.6 Å². The van der Waals surface area contributed by atoms with E-state index in [2.05, 4.69) is 55.3 Å². The van der Waals surface area contributed by atoms with Crippen LogP contribution in [0.4, 0.5) is 5.82 Å². The molecular formula is C27H30BrN7O2. The number of carbonyl (C=O) groups excluding carboxylic acids is 1. The highest BCUT2D eigenvalue weighted by molar-refractivity contribution is 9.10. The minimum Gasteiger partial charge on any atom is -0.381 e. The summed E-state index contributed by atoms with van der Waals surface area (Å²) >= 11 is 3.40. The van der Waals surface area contributed by atoms with Crippen LogP contribution in [0.15, 0.2) is 53.4 Å². The molecule has 1 N–H and O–H groups in total. The normalized spacial score (nSPS) is 17.9. The third kappa shape index (κ3) is 5.05. The number of anilines is 1. The Morgan fingerprint density at radius 2 is 1.84 bits per heavy atom. The topological polar surface area (TPSA) is 89.6 Å². The second-order valence-corrected chi connectivity index (χ2v) is 10.8. The van der Waals surface area contributed by atoms with E-state index in [1.807, 2.05) is 22.9 Å². The van der Waals surface area contributed by atoms with E-state index in [1.54, 1.807) is 23.1 Å². The number of ether oxygens (including phenoxy) is 1. The van der Waals surface area contributed by atoms with E-state index in [0.29, 0.717) is 29.0 Å². The molecule has 0 atom stereocenters. The van der Waals surface area contributed by atoms with Gasteiger partial charge >= 0.3 is 0 Å². The maximum Gasteiger partial charge on any atom is 0.262 e. The highest BCUT2D eigenvalue weighted by atomic mass is 79.9. The van der Waals surface area contributed by atoms with Crippen LogP contribution >= 0.6 is 15.9 Å². The Labute approximate surface area is 223 Å². The van der Waals surface area contributed by atoms with E-state index in [0.717, 1.165) is 67.8 Å². The van der Waals surface area contributed by atoms with Crippen molar-refractivity contribution in [2.45, 2.75) is 44.6 Å². The summed E-state index contributed by atoms with van der Waals surface area (Å²) in [5.74, 6) is 0.737. The molecule has 0 spiro atoms. The van der Waals surface area contributed by atoms with Gasteiger partial charge in [0, 0.05) is 43.6 Å². The van der Waals surface area contributed by atoms with Crippen molar-refractivity contribution >= 4 is 33.3 Å². The zero-order valence-corrected chi connectivity index (χ0v) is 22.4. The molecule has 0 unspecified atom stereocenters. The molecule has 192 valence electrons. The molecule has 37 heavy (non-hydrogen) atoms. The molecule has 2 saturated heterocycles. The summed E-state index contributed by atoms with van der Waals surface area (Å²) in [7, 11) is 0. The van der Waals surface area contributed by atoms with Crippen LogP contribution in [0.5, 0.6) is 0 Å². The van der Waals surface area contributed by atoms with Gasteiger partial charge in [-0.25, -0.2) is 14.2 Å². The van der Waals surface area contributed by atoms with Crippen LogP contribution in [0.3, 0.4) is 0 Å². The number of fused-ring (bicyclic) bond motifs is 1. The lowest BCUT2D eigenvalue weighted by atomic mass is 9.91. The van der Waals surface area contributed by atoms with Gasteiger partial charge in [-0.2, -0.15) is 10.2 Å². The Hall–Kier alpha value is -3.08. The van der Waals surface area contributed by atoms with Crippen LogP contribution in [-0.4, -0.2) is 67.5 Å². The average Bonchev–Trinajstić information content (AvgIpc) is 3.54. The van der Waals surface area contributed by atoms with Crippen molar-refractivity contribution in [3.8, 4) is 5.69 Å². The number of hydrogen-bond acceptors (Lipinski definition) is 6. The number of halogens is 1. The zero-order valence-electron chi connectivity index (χ0n) is 20.8. The molecule has 6 rings (SSSR count). The van der Waals surface area contributed by atoms with Crippen LogP contribution in [-0.2, 0) is 4.74 Å². The van der Waals surface area contributed by atoms with Crippen molar-refractivity contribution in [1.29, 1.82) is 0 Å². The van der Waals surface area contributed by atoms with E-state index in [1.165, 1.54) is 5.56 Å². The zero-order chi connectivity index (χ0) is 25.4. The number of aryl methyl sites for hydroxylation is 1. The number of likely N-dealkylation sites (tertiary alicyclic amines) is 1. The van der Waals surface area contributed by atoms with Gasteiger partial charge in [0.15, 0.2) is 5.65 Å². The van der Waals surface area contributed by atoms with Crippen LogP contribution in [0, 0.1) is 6.92 Å². The minimum absolute atomic E-state index is 0.265. The first-order valence-corrected chi connectivity index (χ1v) is 13.6. The van der Waals surface area contributed by atoms with E-state index in [4.69, 9.17) is 9.84 Å². The van der Waals surface area contributed by atoms with Crippen molar-refractivity contribution in [1.82, 2.24) is 29.3 Å². The van der Waals surface area contributed by atoms with E-state index in [-0.39, 0.29) is 5.91 Å². The predicted molar refractivity (Wildman–Crippen MR) is 144 cm³/mol. The van der Waals surface area contributed by atoms with Crippen LogP contribution in [0.1, 0.15) is 53.2 Å². The molecule has 3 aromatic heterocycles. The maximum atomic E-state index is 13.3. The lowest BCUT2D eigenvalue weighted by Crippen LogP contribution is -2.43. The number of nitrogens with one attached hydrogen (secondary N) is 1. The van der Waals surface area contributed by atoms with Gasteiger partial charge in [0.05, 0.1) is 22.1 Å². The Kier molecular flexibility index (Phi) is 6.79. The molecule has 0 aliphatic carbocycles. The first-order chi connectivity index (χ1) is 18.0. The summed E-state index contributed by atoms with van der Waals surface area (Å²) in [6.45, 7) is 5.93. The summed E-state index contributed by atoms with van der Waals surface area (Å²) in [5, 5.41) is 12.4. The fourth-order valence-electron chi connectivity index (χ4n) is 5.38. The number of aromatic nitrogens is 5.